The molecule has 0 spiro atoms. The van der Waals surface area contributed by atoms with E-state index in [4.69, 9.17) is 0 Å². The zero-order chi connectivity index (χ0) is 23.4. The third kappa shape index (κ3) is 6.15. The van der Waals surface area contributed by atoms with E-state index in [2.05, 4.69) is 51.2 Å². The van der Waals surface area contributed by atoms with Gasteiger partial charge in [0, 0.05) is 37.4 Å². The lowest BCUT2D eigenvalue weighted by atomic mass is 10.0. The first-order valence-electron chi connectivity index (χ1n) is 12.1. The molecule has 1 aliphatic heterocycles. The van der Waals surface area contributed by atoms with Crippen molar-refractivity contribution in [2.75, 3.05) is 32.0 Å². The summed E-state index contributed by atoms with van der Waals surface area (Å²) in [6.07, 6.45) is 2.61. The maximum absolute atomic E-state index is 10.2. The van der Waals surface area contributed by atoms with Crippen LogP contribution in [0.3, 0.4) is 0 Å². The van der Waals surface area contributed by atoms with E-state index in [1.807, 2.05) is 32.2 Å². The Bertz CT molecular complexity index is 951. The van der Waals surface area contributed by atoms with Gasteiger partial charge in [-0.25, -0.2) is 0 Å². The largest absolute Gasteiger partial charge is 0.389 e. The third-order valence-corrected chi connectivity index (χ3v) is 6.77. The fourth-order valence-electron chi connectivity index (χ4n) is 4.42. The number of hydrogen-bond donors (Lipinski definition) is 5. The predicted octanol–water partition coefficient (Wildman–Crippen LogP) is 3.66. The standard InChI is InChI=1S/C27H38N4O2/c1-18(32)22-5-4-6-23(15-22)21-9-11-24(12-10-21)30-27(28-3)25-17-31(19(2)33)14-13-26(25)29-16-20-7-8-20/h4-6,9-12,15,18-20,27-30,32-33H,7-8,13-14,16-17H2,1-3H3. The van der Waals surface area contributed by atoms with Crippen LogP contribution in [-0.2, 0) is 0 Å². The lowest BCUT2D eigenvalue weighted by Crippen LogP contribution is -2.47. The van der Waals surface area contributed by atoms with Gasteiger partial charge in [-0.2, -0.15) is 0 Å². The molecule has 1 aliphatic carbocycles. The zero-order valence-electron chi connectivity index (χ0n) is 20.0. The summed E-state index contributed by atoms with van der Waals surface area (Å²) < 4.78 is 0. The highest BCUT2D eigenvalue weighted by molar-refractivity contribution is 5.67. The molecule has 1 heterocycles. The van der Waals surface area contributed by atoms with Crippen LogP contribution in [0.4, 0.5) is 5.69 Å². The number of aliphatic hydroxyl groups excluding tert-OH is 2. The van der Waals surface area contributed by atoms with E-state index in [-0.39, 0.29) is 6.17 Å². The van der Waals surface area contributed by atoms with Gasteiger partial charge < -0.3 is 20.8 Å². The second-order valence-electron chi connectivity index (χ2n) is 9.43. The molecule has 2 aromatic rings. The summed E-state index contributed by atoms with van der Waals surface area (Å²) in [6.45, 7) is 6.27. The van der Waals surface area contributed by atoms with Crippen LogP contribution >= 0.6 is 0 Å². The van der Waals surface area contributed by atoms with Gasteiger partial charge >= 0.3 is 0 Å². The summed E-state index contributed by atoms with van der Waals surface area (Å²) in [4.78, 5) is 2.11. The van der Waals surface area contributed by atoms with E-state index in [1.54, 1.807) is 6.92 Å². The number of nitrogens with one attached hydrogen (secondary N) is 3. The van der Waals surface area contributed by atoms with Crippen LogP contribution in [0, 0.1) is 5.92 Å². The number of anilines is 1. The maximum atomic E-state index is 10.2. The van der Waals surface area contributed by atoms with Gasteiger partial charge in [0.05, 0.1) is 6.10 Å². The fraction of sp³-hybridized carbons (Fsp3) is 0.481. The summed E-state index contributed by atoms with van der Waals surface area (Å²) in [5.41, 5.74) is 6.74. The van der Waals surface area contributed by atoms with Crippen molar-refractivity contribution in [2.24, 2.45) is 5.92 Å². The molecule has 178 valence electrons. The van der Waals surface area contributed by atoms with Crippen molar-refractivity contribution in [1.29, 1.82) is 0 Å². The second-order valence-corrected chi connectivity index (χ2v) is 9.43. The lowest BCUT2D eigenvalue weighted by Gasteiger charge is -2.36. The molecular formula is C27H38N4O2. The molecule has 0 bridgehead atoms. The maximum Gasteiger partial charge on any atom is 0.104 e. The minimum Gasteiger partial charge on any atom is -0.389 e. The molecule has 1 saturated carbocycles. The minimum absolute atomic E-state index is 0.0299. The molecule has 0 radical (unpaired) electrons. The van der Waals surface area contributed by atoms with Gasteiger partial charge in [-0.05, 0) is 80.1 Å². The molecule has 0 amide bonds. The van der Waals surface area contributed by atoms with Crippen LogP contribution in [-0.4, -0.2) is 54.2 Å². The lowest BCUT2D eigenvalue weighted by molar-refractivity contribution is 0.0207. The van der Waals surface area contributed by atoms with Crippen LogP contribution in [0.15, 0.2) is 59.8 Å². The number of likely N-dealkylation sites (N-methyl/N-ethyl adjacent to an activating group) is 1. The fourth-order valence-corrected chi connectivity index (χ4v) is 4.42. The highest BCUT2D eigenvalue weighted by Crippen LogP contribution is 2.30. The first-order chi connectivity index (χ1) is 15.9. The smallest absolute Gasteiger partial charge is 0.104 e. The van der Waals surface area contributed by atoms with E-state index in [1.165, 1.54) is 24.1 Å². The van der Waals surface area contributed by atoms with Crippen molar-refractivity contribution in [3.8, 4) is 11.1 Å². The Balaban J connectivity index is 1.50. The molecule has 1 fully saturated rings. The van der Waals surface area contributed by atoms with Gasteiger partial charge in [0.1, 0.15) is 12.4 Å². The van der Waals surface area contributed by atoms with Crippen molar-refractivity contribution in [2.45, 2.75) is 51.6 Å². The van der Waals surface area contributed by atoms with Gasteiger partial charge in [-0.15, -0.1) is 0 Å². The summed E-state index contributed by atoms with van der Waals surface area (Å²) in [6, 6.07) is 16.5. The Kier molecular flexibility index (Phi) is 7.71. The van der Waals surface area contributed by atoms with Crippen molar-refractivity contribution in [3.63, 3.8) is 0 Å². The van der Waals surface area contributed by atoms with Crippen molar-refractivity contribution >= 4 is 5.69 Å². The molecule has 3 unspecified atom stereocenters. The SMILES string of the molecule is CNC(Nc1ccc(-c2cccc(C(C)O)c2)cc1)C1=C(NCC2CC2)CCN(C(C)O)C1. The molecule has 0 saturated heterocycles. The van der Waals surface area contributed by atoms with Gasteiger partial charge in [-0.3, -0.25) is 10.2 Å². The molecule has 6 nitrogen and oxygen atoms in total. The van der Waals surface area contributed by atoms with Gasteiger partial charge in [0.2, 0.25) is 0 Å². The first kappa shape index (κ1) is 23.8. The van der Waals surface area contributed by atoms with E-state index < -0.39 is 12.3 Å². The molecule has 5 N–H and O–H groups in total. The average molecular weight is 451 g/mol. The third-order valence-electron chi connectivity index (χ3n) is 6.77. The second kappa shape index (κ2) is 10.7. The van der Waals surface area contributed by atoms with E-state index >= 15 is 0 Å². The molecule has 4 rings (SSSR count). The Hall–Kier alpha value is -2.38. The molecule has 2 aliphatic rings. The molecular weight excluding hydrogens is 412 g/mol. The van der Waals surface area contributed by atoms with Crippen LogP contribution in [0.5, 0.6) is 0 Å². The van der Waals surface area contributed by atoms with E-state index in [0.717, 1.165) is 54.4 Å². The van der Waals surface area contributed by atoms with Crippen LogP contribution in [0.1, 0.15) is 44.8 Å². The predicted molar refractivity (Wildman–Crippen MR) is 135 cm³/mol. The first-order valence-corrected chi connectivity index (χ1v) is 12.1. The Morgan fingerprint density at radius 3 is 2.42 bits per heavy atom. The van der Waals surface area contributed by atoms with Crippen molar-refractivity contribution in [3.05, 3.63) is 65.4 Å². The molecule has 0 aromatic heterocycles. The van der Waals surface area contributed by atoms with Crippen LogP contribution in [0.25, 0.3) is 11.1 Å². The molecule has 3 atom stereocenters. The summed E-state index contributed by atoms with van der Waals surface area (Å²) >= 11 is 0. The zero-order valence-corrected chi connectivity index (χ0v) is 20.0. The normalized spacial score (nSPS) is 19.8. The minimum atomic E-state index is -0.477. The monoisotopic (exact) mass is 450 g/mol. The Morgan fingerprint density at radius 2 is 1.79 bits per heavy atom. The summed E-state index contributed by atoms with van der Waals surface area (Å²) in [5, 5.41) is 30.8. The Labute approximate surface area is 197 Å². The molecule has 33 heavy (non-hydrogen) atoms. The van der Waals surface area contributed by atoms with Crippen LogP contribution in [0.2, 0.25) is 0 Å². The Morgan fingerprint density at radius 1 is 1.03 bits per heavy atom. The van der Waals surface area contributed by atoms with Crippen molar-refractivity contribution < 1.29 is 10.2 Å². The van der Waals surface area contributed by atoms with E-state index in [0.29, 0.717) is 0 Å². The molecule has 6 heteroatoms. The van der Waals surface area contributed by atoms with Crippen molar-refractivity contribution in [1.82, 2.24) is 15.5 Å². The summed E-state index contributed by atoms with van der Waals surface area (Å²) in [5.74, 6) is 0.814. The van der Waals surface area contributed by atoms with Gasteiger partial charge in [0.25, 0.3) is 0 Å². The number of aliphatic hydroxyl groups is 2. The number of hydrogen-bond acceptors (Lipinski definition) is 6. The quantitative estimate of drug-likeness (QED) is 0.356. The van der Waals surface area contributed by atoms with Crippen LogP contribution < -0.4 is 16.0 Å². The average Bonchev–Trinajstić information content (AvgIpc) is 3.66. The van der Waals surface area contributed by atoms with E-state index in [9.17, 15) is 10.2 Å². The summed E-state index contributed by atoms with van der Waals surface area (Å²) in [7, 11) is 1.97. The van der Waals surface area contributed by atoms with Gasteiger partial charge in [0.15, 0.2) is 0 Å². The number of rotatable bonds is 10. The number of nitrogens with zero attached hydrogens (tertiary/aromatic N) is 1. The highest BCUT2D eigenvalue weighted by Gasteiger charge is 2.28. The molecule has 2 aromatic carbocycles. The topological polar surface area (TPSA) is 79.8 Å². The van der Waals surface area contributed by atoms with Gasteiger partial charge in [-0.1, -0.05) is 30.3 Å². The highest BCUT2D eigenvalue weighted by atomic mass is 16.3. The number of benzene rings is 2.